The summed E-state index contributed by atoms with van der Waals surface area (Å²) in [7, 11) is 0. The molecule has 0 saturated carbocycles. The Balaban J connectivity index is 1.62. The molecule has 1 heterocycles. The van der Waals surface area contributed by atoms with Gasteiger partial charge in [-0.25, -0.2) is 9.78 Å². The predicted octanol–water partition coefficient (Wildman–Crippen LogP) is 3.65. The van der Waals surface area contributed by atoms with Crippen LogP contribution in [0, 0.1) is 0 Å². The number of carbonyl (C=O) groups excluding carboxylic acids is 1. The molecule has 1 atom stereocenters. The summed E-state index contributed by atoms with van der Waals surface area (Å²) in [4.78, 5) is 30.1. The van der Waals surface area contributed by atoms with Gasteiger partial charge in [-0.1, -0.05) is 25.1 Å². The highest BCUT2D eigenvalue weighted by Crippen LogP contribution is 2.33. The van der Waals surface area contributed by atoms with Crippen molar-refractivity contribution in [1.82, 2.24) is 9.97 Å². The molecule has 0 radical (unpaired) electrons. The molecule has 8 nitrogen and oxygen atoms in total. The Labute approximate surface area is 183 Å². The highest BCUT2D eigenvalue weighted by atomic mass is 32.2. The maximum atomic E-state index is 11.7. The first-order chi connectivity index (χ1) is 14.8. The van der Waals surface area contributed by atoms with Gasteiger partial charge in [0.1, 0.15) is 18.1 Å². The number of carbonyl (C=O) groups is 2. The lowest BCUT2D eigenvalue weighted by Gasteiger charge is -2.16. The van der Waals surface area contributed by atoms with Gasteiger partial charge in [0.25, 0.3) is 0 Å². The molecule has 0 aliphatic carbocycles. The number of Topliss-reactive ketones (excluding diaryl/α,β-unsaturated/α-hetero) is 1. The monoisotopic (exact) mass is 444 g/mol. The Morgan fingerprint density at radius 1 is 1.26 bits per heavy atom. The van der Waals surface area contributed by atoms with Crippen LogP contribution in [-0.2, 0) is 6.42 Å². The van der Waals surface area contributed by atoms with Crippen LogP contribution in [-0.4, -0.2) is 55.5 Å². The topological polar surface area (TPSA) is 133 Å². The third kappa shape index (κ3) is 5.36. The van der Waals surface area contributed by atoms with Gasteiger partial charge in [-0.05, 0) is 43.7 Å². The Hall–Kier alpha value is -3.04. The third-order valence-corrected chi connectivity index (χ3v) is 5.69. The molecule has 0 spiro atoms. The van der Waals surface area contributed by atoms with Gasteiger partial charge in [0.2, 0.25) is 0 Å². The first-order valence-electron chi connectivity index (χ1n) is 9.82. The van der Waals surface area contributed by atoms with Crippen molar-refractivity contribution in [3.63, 3.8) is 0 Å². The van der Waals surface area contributed by atoms with Gasteiger partial charge in [-0.3, -0.25) is 4.79 Å². The number of rotatable bonds is 10. The Morgan fingerprint density at radius 3 is 2.71 bits per heavy atom. The van der Waals surface area contributed by atoms with E-state index in [0.717, 1.165) is 6.42 Å². The van der Waals surface area contributed by atoms with E-state index >= 15 is 0 Å². The number of benzene rings is 2. The van der Waals surface area contributed by atoms with Gasteiger partial charge in [0.05, 0.1) is 28.3 Å². The maximum Gasteiger partial charge on any atom is 0.335 e. The van der Waals surface area contributed by atoms with E-state index < -0.39 is 12.1 Å². The fraction of sp³-hybridized carbons (Fsp3) is 0.318. The number of ketones is 1. The fourth-order valence-electron chi connectivity index (χ4n) is 3.13. The van der Waals surface area contributed by atoms with Crippen LogP contribution in [0.4, 0.5) is 0 Å². The lowest BCUT2D eigenvalue weighted by Crippen LogP contribution is -2.20. The van der Waals surface area contributed by atoms with Crippen LogP contribution in [0.15, 0.2) is 35.5 Å². The van der Waals surface area contributed by atoms with Crippen molar-refractivity contribution in [1.29, 1.82) is 0 Å². The van der Waals surface area contributed by atoms with Crippen molar-refractivity contribution in [2.24, 2.45) is 0 Å². The van der Waals surface area contributed by atoms with Gasteiger partial charge in [0.15, 0.2) is 10.9 Å². The molecule has 164 valence electrons. The minimum atomic E-state index is -1.01. The Bertz CT molecular complexity index is 1110. The van der Waals surface area contributed by atoms with Crippen molar-refractivity contribution in [3.8, 4) is 11.5 Å². The molecule has 0 fully saturated rings. The summed E-state index contributed by atoms with van der Waals surface area (Å²) in [6, 6.07) is 7.79. The van der Waals surface area contributed by atoms with Crippen LogP contribution in [0.3, 0.4) is 0 Å². The maximum absolute atomic E-state index is 11.7. The number of nitrogens with zero attached hydrogens (tertiary/aromatic N) is 1. The lowest BCUT2D eigenvalue weighted by molar-refractivity contribution is 0.0696. The number of hydrogen-bond donors (Lipinski definition) is 4. The lowest BCUT2D eigenvalue weighted by atomic mass is 10.0. The number of phenolic OH excluding ortho intramolecular Hbond substituents is 1. The molecular formula is C22H24N2O6S. The smallest absolute Gasteiger partial charge is 0.335 e. The standard InChI is InChI=1S/C22H24N2O6S/c1-3-4-16-19(8-6-15(12(2)25)20(16)27)30-10-14(26)11-31-22-23-17-7-5-13(21(28)29)9-18(17)24-22/h5-9,14,26-27H,3-4,10-11H2,1-2H3,(H,23,24)(H,28,29). The van der Waals surface area contributed by atoms with E-state index in [4.69, 9.17) is 9.84 Å². The van der Waals surface area contributed by atoms with Crippen LogP contribution >= 0.6 is 11.8 Å². The third-order valence-electron chi connectivity index (χ3n) is 4.67. The van der Waals surface area contributed by atoms with E-state index in [9.17, 15) is 19.8 Å². The van der Waals surface area contributed by atoms with Gasteiger partial charge >= 0.3 is 5.97 Å². The molecule has 2 aromatic carbocycles. The second kappa shape index (κ2) is 9.84. The van der Waals surface area contributed by atoms with Crippen LogP contribution in [0.2, 0.25) is 0 Å². The number of aliphatic hydroxyl groups is 1. The van der Waals surface area contributed by atoms with E-state index in [0.29, 0.717) is 39.7 Å². The summed E-state index contributed by atoms with van der Waals surface area (Å²) >= 11 is 1.29. The summed E-state index contributed by atoms with van der Waals surface area (Å²) in [5.74, 6) is -0.564. The number of fused-ring (bicyclic) bond motifs is 1. The van der Waals surface area contributed by atoms with Crippen LogP contribution < -0.4 is 4.74 Å². The number of phenols is 1. The van der Waals surface area contributed by atoms with Crippen molar-refractivity contribution < 1.29 is 29.6 Å². The van der Waals surface area contributed by atoms with Gasteiger partial charge in [-0.2, -0.15) is 0 Å². The van der Waals surface area contributed by atoms with E-state index in [1.807, 2.05) is 6.92 Å². The molecule has 0 bridgehead atoms. The molecule has 1 unspecified atom stereocenters. The average molecular weight is 445 g/mol. The van der Waals surface area contributed by atoms with Crippen molar-refractivity contribution in [3.05, 3.63) is 47.0 Å². The highest BCUT2D eigenvalue weighted by molar-refractivity contribution is 7.99. The molecule has 0 saturated heterocycles. The second-order valence-corrected chi connectivity index (χ2v) is 8.11. The summed E-state index contributed by atoms with van der Waals surface area (Å²) in [6.45, 7) is 3.36. The quantitative estimate of drug-likeness (QED) is 0.275. The fourth-order valence-corrected chi connectivity index (χ4v) is 3.92. The number of carboxylic acid groups (broad SMARTS) is 1. The number of aromatic hydroxyl groups is 1. The molecule has 31 heavy (non-hydrogen) atoms. The van der Waals surface area contributed by atoms with Gasteiger partial charge in [0, 0.05) is 11.3 Å². The molecular weight excluding hydrogens is 420 g/mol. The Kier molecular flexibility index (Phi) is 7.19. The van der Waals surface area contributed by atoms with Crippen LogP contribution in [0.1, 0.15) is 46.5 Å². The molecule has 0 aliphatic heterocycles. The van der Waals surface area contributed by atoms with Crippen molar-refractivity contribution >= 4 is 34.5 Å². The Morgan fingerprint density at radius 2 is 2.03 bits per heavy atom. The number of aromatic nitrogens is 2. The summed E-state index contributed by atoms with van der Waals surface area (Å²) in [6.07, 6.45) is 0.501. The zero-order valence-corrected chi connectivity index (χ0v) is 18.0. The molecule has 0 aliphatic rings. The molecule has 1 aromatic heterocycles. The van der Waals surface area contributed by atoms with E-state index in [-0.39, 0.29) is 29.3 Å². The zero-order valence-electron chi connectivity index (χ0n) is 17.2. The number of aromatic amines is 1. The number of ether oxygens (including phenoxy) is 1. The molecule has 3 rings (SSSR count). The number of thioether (sulfide) groups is 1. The van der Waals surface area contributed by atoms with Crippen LogP contribution in [0.5, 0.6) is 11.5 Å². The van der Waals surface area contributed by atoms with E-state index in [2.05, 4.69) is 9.97 Å². The minimum absolute atomic E-state index is 0.00592. The average Bonchev–Trinajstić information content (AvgIpc) is 3.14. The van der Waals surface area contributed by atoms with Crippen molar-refractivity contribution in [2.75, 3.05) is 12.4 Å². The number of H-pyrrole nitrogens is 1. The number of nitrogens with one attached hydrogen (secondary N) is 1. The largest absolute Gasteiger partial charge is 0.507 e. The van der Waals surface area contributed by atoms with Crippen molar-refractivity contribution in [2.45, 2.75) is 37.9 Å². The first kappa shape index (κ1) is 22.6. The molecule has 4 N–H and O–H groups in total. The number of hydrogen-bond acceptors (Lipinski definition) is 7. The van der Waals surface area contributed by atoms with Gasteiger partial charge < -0.3 is 25.0 Å². The first-order valence-corrected chi connectivity index (χ1v) is 10.8. The SMILES string of the molecule is CCCc1c(OCC(O)CSc2nc3ccc(C(=O)O)cc3[nH]2)ccc(C(C)=O)c1O. The number of aliphatic hydroxyl groups excluding tert-OH is 1. The predicted molar refractivity (Wildman–Crippen MR) is 117 cm³/mol. The van der Waals surface area contributed by atoms with Crippen LogP contribution in [0.25, 0.3) is 11.0 Å². The van der Waals surface area contributed by atoms with E-state index in [1.54, 1.807) is 12.1 Å². The normalized spacial score (nSPS) is 12.1. The molecule has 9 heteroatoms. The summed E-state index contributed by atoms with van der Waals surface area (Å²) in [5.41, 5.74) is 2.23. The van der Waals surface area contributed by atoms with E-state index in [1.165, 1.54) is 36.9 Å². The second-order valence-electron chi connectivity index (χ2n) is 7.10. The summed E-state index contributed by atoms with van der Waals surface area (Å²) in [5, 5.41) is 30.3. The summed E-state index contributed by atoms with van der Waals surface area (Å²) < 4.78 is 5.73. The van der Waals surface area contributed by atoms with Gasteiger partial charge in [-0.15, -0.1) is 0 Å². The number of aromatic carboxylic acids is 1. The zero-order chi connectivity index (χ0) is 22.5. The highest BCUT2D eigenvalue weighted by Gasteiger charge is 2.17. The number of carboxylic acids is 1. The minimum Gasteiger partial charge on any atom is -0.507 e. The number of imidazole rings is 1. The molecule has 0 amide bonds. The molecule has 3 aromatic rings.